The second kappa shape index (κ2) is 10.2. The molecular formula is C25H34N6O2. The predicted octanol–water partition coefficient (Wildman–Crippen LogP) is 2.41. The van der Waals surface area contributed by atoms with Crippen molar-refractivity contribution in [2.24, 2.45) is 5.92 Å². The minimum atomic E-state index is -0.0852. The van der Waals surface area contributed by atoms with E-state index in [2.05, 4.69) is 20.2 Å². The van der Waals surface area contributed by atoms with E-state index in [4.69, 9.17) is 0 Å². The highest BCUT2D eigenvalue weighted by Gasteiger charge is 2.34. The Morgan fingerprint density at radius 1 is 1.27 bits per heavy atom. The fourth-order valence-electron chi connectivity index (χ4n) is 4.29. The molecule has 2 fully saturated rings. The average Bonchev–Trinajstić information content (AvgIpc) is 3.50. The van der Waals surface area contributed by atoms with Crippen molar-refractivity contribution in [1.29, 1.82) is 0 Å². The van der Waals surface area contributed by atoms with Crippen LogP contribution in [0, 0.1) is 5.92 Å². The highest BCUT2D eigenvalue weighted by molar-refractivity contribution is 5.88. The Hall–Kier alpha value is -3.13. The largest absolute Gasteiger partial charge is 0.373 e. The minimum absolute atomic E-state index is 0.0461. The number of nitrogens with zero attached hydrogens (tertiary/aromatic N) is 4. The van der Waals surface area contributed by atoms with Crippen molar-refractivity contribution >= 4 is 17.4 Å². The number of H-pyrrole nitrogens is 1. The standard InChI is InChI=1S/C25H34N6O2/c1-26-23-14-19(8-10-27-23)20-13-22(25(33)28-15-20)31(16-18-6-7-18)21-9-12-30(17-21)24(32)5-4-11-29(2)3/h4-5,8,10,13-15,18,21H,6-7,9,11-12,16-17H2,1-3H3,(H,26,27)(H,28,33)/t21-/m0/s1. The molecule has 0 spiro atoms. The fraction of sp³-hybridized carbons (Fsp3) is 0.480. The molecule has 8 heteroatoms. The Morgan fingerprint density at radius 2 is 2.09 bits per heavy atom. The Kier molecular flexibility index (Phi) is 7.13. The molecular weight excluding hydrogens is 416 g/mol. The lowest BCUT2D eigenvalue weighted by Gasteiger charge is -2.31. The van der Waals surface area contributed by atoms with Gasteiger partial charge in [0.05, 0.1) is 0 Å². The van der Waals surface area contributed by atoms with Gasteiger partial charge in [0, 0.05) is 63.3 Å². The first-order chi connectivity index (χ1) is 15.9. The van der Waals surface area contributed by atoms with E-state index in [0.29, 0.717) is 24.7 Å². The van der Waals surface area contributed by atoms with Crippen LogP contribution in [0.3, 0.4) is 0 Å². The van der Waals surface area contributed by atoms with Gasteiger partial charge in [0.25, 0.3) is 5.56 Å². The van der Waals surface area contributed by atoms with Gasteiger partial charge in [-0.2, -0.15) is 0 Å². The molecule has 1 aliphatic heterocycles. The van der Waals surface area contributed by atoms with Gasteiger partial charge in [0.1, 0.15) is 11.5 Å². The van der Waals surface area contributed by atoms with Crippen LogP contribution in [0.5, 0.6) is 0 Å². The Morgan fingerprint density at radius 3 is 2.82 bits per heavy atom. The summed E-state index contributed by atoms with van der Waals surface area (Å²) in [6.07, 6.45) is 10.4. The van der Waals surface area contributed by atoms with E-state index in [9.17, 15) is 9.59 Å². The van der Waals surface area contributed by atoms with Crippen molar-refractivity contribution in [3.05, 3.63) is 53.1 Å². The first-order valence-corrected chi connectivity index (χ1v) is 11.7. The van der Waals surface area contributed by atoms with Crippen LogP contribution < -0.4 is 15.8 Å². The van der Waals surface area contributed by atoms with Crippen molar-refractivity contribution in [2.45, 2.75) is 25.3 Å². The predicted molar refractivity (Wildman–Crippen MR) is 133 cm³/mol. The summed E-state index contributed by atoms with van der Waals surface area (Å²) in [6.45, 7) is 2.95. The molecule has 33 heavy (non-hydrogen) atoms. The monoisotopic (exact) mass is 450 g/mol. The quantitative estimate of drug-likeness (QED) is 0.571. The molecule has 2 aromatic rings. The molecule has 1 amide bonds. The number of aromatic nitrogens is 2. The van der Waals surface area contributed by atoms with Gasteiger partial charge in [-0.1, -0.05) is 6.08 Å². The van der Waals surface area contributed by atoms with Gasteiger partial charge < -0.3 is 25.0 Å². The van der Waals surface area contributed by atoms with Crippen LogP contribution in [-0.4, -0.2) is 79.0 Å². The van der Waals surface area contributed by atoms with Gasteiger partial charge >= 0.3 is 0 Å². The van der Waals surface area contributed by atoms with Crippen LogP contribution in [-0.2, 0) is 4.79 Å². The summed E-state index contributed by atoms with van der Waals surface area (Å²) in [4.78, 5) is 39.0. The Labute approximate surface area is 195 Å². The second-order valence-electron chi connectivity index (χ2n) is 9.27. The molecule has 2 N–H and O–H groups in total. The summed E-state index contributed by atoms with van der Waals surface area (Å²) >= 11 is 0. The van der Waals surface area contributed by atoms with E-state index in [1.165, 1.54) is 12.8 Å². The number of rotatable bonds is 9. The van der Waals surface area contributed by atoms with Crippen LogP contribution in [0.4, 0.5) is 11.5 Å². The van der Waals surface area contributed by atoms with Gasteiger partial charge in [-0.3, -0.25) is 9.59 Å². The minimum Gasteiger partial charge on any atom is -0.373 e. The molecule has 0 bridgehead atoms. The van der Waals surface area contributed by atoms with E-state index < -0.39 is 0 Å². The van der Waals surface area contributed by atoms with Gasteiger partial charge in [-0.15, -0.1) is 0 Å². The number of hydrogen-bond acceptors (Lipinski definition) is 6. The number of hydrogen-bond donors (Lipinski definition) is 2. The molecule has 1 saturated heterocycles. The number of amides is 1. The van der Waals surface area contributed by atoms with Crippen molar-refractivity contribution < 1.29 is 4.79 Å². The lowest BCUT2D eigenvalue weighted by molar-refractivity contribution is -0.125. The molecule has 0 aromatic carbocycles. The van der Waals surface area contributed by atoms with Crippen LogP contribution in [0.1, 0.15) is 19.3 Å². The zero-order valence-corrected chi connectivity index (χ0v) is 19.8. The van der Waals surface area contributed by atoms with Crippen LogP contribution >= 0.6 is 0 Å². The maximum absolute atomic E-state index is 12.9. The molecule has 3 heterocycles. The SMILES string of the molecule is CNc1cc(-c2c[nH]c(=O)c(N(CC3CC3)[C@H]3CCN(C(=O)C=CCN(C)C)C3)c2)ccn1. The molecule has 1 atom stereocenters. The lowest BCUT2D eigenvalue weighted by Crippen LogP contribution is -2.42. The number of pyridine rings is 2. The van der Waals surface area contributed by atoms with E-state index in [-0.39, 0.29) is 17.5 Å². The maximum atomic E-state index is 12.9. The summed E-state index contributed by atoms with van der Waals surface area (Å²) in [5.74, 6) is 1.45. The van der Waals surface area contributed by atoms with Crippen molar-refractivity contribution in [3.63, 3.8) is 0 Å². The summed E-state index contributed by atoms with van der Waals surface area (Å²) < 4.78 is 0. The Balaban J connectivity index is 1.56. The van der Waals surface area contributed by atoms with Crippen molar-refractivity contribution in [3.8, 4) is 11.1 Å². The van der Waals surface area contributed by atoms with Crippen molar-refractivity contribution in [2.75, 3.05) is 57.5 Å². The highest BCUT2D eigenvalue weighted by Crippen LogP contribution is 2.34. The third-order valence-electron chi connectivity index (χ3n) is 6.34. The van der Waals surface area contributed by atoms with E-state index in [0.717, 1.165) is 36.5 Å². The number of aromatic amines is 1. The molecule has 2 aliphatic rings. The summed E-state index contributed by atoms with van der Waals surface area (Å²) in [5, 5.41) is 3.06. The van der Waals surface area contributed by atoms with Gasteiger partial charge in [-0.25, -0.2) is 4.98 Å². The number of anilines is 2. The van der Waals surface area contributed by atoms with Crippen molar-refractivity contribution in [1.82, 2.24) is 19.8 Å². The molecule has 4 rings (SSSR count). The smallest absolute Gasteiger partial charge is 0.271 e. The first kappa shape index (κ1) is 23.0. The normalized spacial score (nSPS) is 18.3. The number of likely N-dealkylation sites (N-methyl/N-ethyl adjacent to an activating group) is 1. The fourth-order valence-corrected chi connectivity index (χ4v) is 4.29. The number of nitrogens with one attached hydrogen (secondary N) is 2. The molecule has 0 unspecified atom stereocenters. The summed E-state index contributed by atoms with van der Waals surface area (Å²) in [7, 11) is 5.80. The average molecular weight is 451 g/mol. The highest BCUT2D eigenvalue weighted by atomic mass is 16.2. The molecule has 1 aliphatic carbocycles. The summed E-state index contributed by atoms with van der Waals surface area (Å²) in [6, 6.07) is 6.04. The molecule has 0 radical (unpaired) electrons. The Bertz CT molecular complexity index is 1060. The third kappa shape index (κ3) is 5.82. The molecule has 2 aromatic heterocycles. The number of carbonyl (C=O) groups is 1. The second-order valence-corrected chi connectivity index (χ2v) is 9.27. The zero-order valence-electron chi connectivity index (χ0n) is 19.8. The maximum Gasteiger partial charge on any atom is 0.271 e. The third-order valence-corrected chi connectivity index (χ3v) is 6.34. The van der Waals surface area contributed by atoms with Gasteiger partial charge in [0.15, 0.2) is 0 Å². The summed E-state index contributed by atoms with van der Waals surface area (Å²) in [5.41, 5.74) is 2.54. The van der Waals surface area contributed by atoms with E-state index in [1.807, 2.05) is 55.2 Å². The van der Waals surface area contributed by atoms with Crippen LogP contribution in [0.15, 0.2) is 47.5 Å². The molecule has 176 valence electrons. The van der Waals surface area contributed by atoms with Gasteiger partial charge in [-0.05, 0) is 63.0 Å². The van der Waals surface area contributed by atoms with E-state index >= 15 is 0 Å². The van der Waals surface area contributed by atoms with E-state index in [1.54, 1.807) is 18.5 Å². The zero-order chi connectivity index (χ0) is 23.4. The number of carbonyl (C=O) groups excluding carboxylic acids is 1. The lowest BCUT2D eigenvalue weighted by atomic mass is 10.1. The molecule has 1 saturated carbocycles. The molecule has 8 nitrogen and oxygen atoms in total. The number of likely N-dealkylation sites (tertiary alicyclic amines) is 1. The topological polar surface area (TPSA) is 84.6 Å². The first-order valence-electron chi connectivity index (χ1n) is 11.7. The van der Waals surface area contributed by atoms with Crippen LogP contribution in [0.2, 0.25) is 0 Å². The van der Waals surface area contributed by atoms with Crippen LogP contribution in [0.25, 0.3) is 11.1 Å². The van der Waals surface area contributed by atoms with Gasteiger partial charge in [0.2, 0.25) is 5.91 Å².